The zero-order valence-corrected chi connectivity index (χ0v) is 21.6. The van der Waals surface area contributed by atoms with Crippen molar-refractivity contribution in [2.45, 2.75) is 37.6 Å². The summed E-state index contributed by atoms with van der Waals surface area (Å²) in [7, 11) is 3.20. The smallest absolute Gasteiger partial charge is 0.255 e. The van der Waals surface area contributed by atoms with E-state index in [0.717, 1.165) is 11.1 Å². The first kappa shape index (κ1) is 26.6. The number of amides is 1. The molecule has 0 bridgehead atoms. The molecule has 0 fully saturated rings. The van der Waals surface area contributed by atoms with Crippen LogP contribution in [0.3, 0.4) is 0 Å². The van der Waals surface area contributed by atoms with Crippen LogP contribution >= 0.6 is 0 Å². The number of hydrogen-bond acceptors (Lipinski definition) is 9. The fraction of sp³-hybridized carbons (Fsp3) is 0.345. The lowest BCUT2D eigenvalue weighted by molar-refractivity contribution is -0.148. The first-order valence-electron chi connectivity index (χ1n) is 12.7. The van der Waals surface area contributed by atoms with E-state index in [1.807, 2.05) is 30.3 Å². The Morgan fingerprint density at radius 3 is 2.41 bits per heavy atom. The number of carbonyl (C=O) groups is 3. The minimum absolute atomic E-state index is 0.00907. The number of allylic oxidation sites excluding steroid dienone is 1. The highest BCUT2D eigenvalue weighted by Crippen LogP contribution is 2.52. The topological polar surface area (TPSA) is 173 Å². The van der Waals surface area contributed by atoms with Gasteiger partial charge in [-0.05, 0) is 55.6 Å². The molecule has 2 aromatic carbocycles. The summed E-state index contributed by atoms with van der Waals surface area (Å²) in [6.45, 7) is 1.01. The van der Waals surface area contributed by atoms with Crippen molar-refractivity contribution in [3.8, 4) is 5.75 Å². The number of primary amides is 1. The van der Waals surface area contributed by atoms with Gasteiger partial charge in [-0.1, -0.05) is 36.4 Å². The second-order valence-corrected chi connectivity index (χ2v) is 10.6. The molecule has 5 rings (SSSR count). The summed E-state index contributed by atoms with van der Waals surface area (Å²) in [4.78, 5) is 40.7. The molecule has 0 spiro atoms. The monoisotopic (exact) mass is 533 g/mol. The van der Waals surface area contributed by atoms with E-state index in [4.69, 9.17) is 5.73 Å². The Kier molecular flexibility index (Phi) is 6.58. The van der Waals surface area contributed by atoms with E-state index in [2.05, 4.69) is 5.32 Å². The van der Waals surface area contributed by atoms with Gasteiger partial charge in [0.2, 0.25) is 5.78 Å². The lowest BCUT2D eigenvalue weighted by atomic mass is 9.58. The van der Waals surface area contributed by atoms with Crippen LogP contribution in [0.5, 0.6) is 5.75 Å². The molecule has 204 valence electrons. The Labute approximate surface area is 225 Å². The quantitative estimate of drug-likeness (QED) is 0.300. The lowest BCUT2D eigenvalue weighted by Gasteiger charge is -2.50. The number of aromatic hydroxyl groups is 1. The molecule has 0 aromatic heterocycles. The largest absolute Gasteiger partial charge is 0.510 e. The highest BCUT2D eigenvalue weighted by Gasteiger charge is 2.63. The second-order valence-electron chi connectivity index (χ2n) is 10.6. The zero-order valence-electron chi connectivity index (χ0n) is 21.6. The standard InChI is InChI=1S/C29H31N3O7/c1-32(2)23-18-11-16-10-17-15(13-31-12-14-6-4-3-5-7-14)8-9-19(33)21(17)24(34)20(16)26(36)29(18,39)27(37)22(25(23)35)28(30)38/h3-9,16,18,23,31,33,35-36,39H,10-13H2,1-2H3,(H2,30,38). The van der Waals surface area contributed by atoms with Gasteiger partial charge < -0.3 is 31.5 Å². The van der Waals surface area contributed by atoms with Crippen molar-refractivity contribution >= 4 is 17.5 Å². The maximum absolute atomic E-state index is 13.8. The molecule has 3 aliphatic rings. The maximum atomic E-state index is 13.8. The van der Waals surface area contributed by atoms with Crippen LogP contribution < -0.4 is 11.1 Å². The number of Topliss-reactive ketones (excluding diaryl/α,β-unsaturated/α-hetero) is 2. The van der Waals surface area contributed by atoms with Crippen molar-refractivity contribution in [1.82, 2.24) is 10.2 Å². The molecule has 7 N–H and O–H groups in total. The molecule has 0 radical (unpaired) electrons. The molecule has 0 heterocycles. The van der Waals surface area contributed by atoms with Crippen molar-refractivity contribution in [3.63, 3.8) is 0 Å². The first-order valence-corrected chi connectivity index (χ1v) is 12.7. The molecule has 1 amide bonds. The molecule has 39 heavy (non-hydrogen) atoms. The number of nitrogens with one attached hydrogen (secondary N) is 1. The van der Waals surface area contributed by atoms with E-state index in [1.165, 1.54) is 11.0 Å². The van der Waals surface area contributed by atoms with Gasteiger partial charge in [-0.15, -0.1) is 0 Å². The predicted molar refractivity (Wildman–Crippen MR) is 141 cm³/mol. The Hall–Kier alpha value is -3.99. The van der Waals surface area contributed by atoms with Crippen molar-refractivity contribution in [2.24, 2.45) is 17.6 Å². The van der Waals surface area contributed by atoms with Crippen LogP contribution in [0.1, 0.15) is 33.5 Å². The van der Waals surface area contributed by atoms with E-state index in [1.54, 1.807) is 20.2 Å². The number of fused-ring (bicyclic) bond motifs is 3. The number of benzene rings is 2. The number of carbonyl (C=O) groups excluding carboxylic acids is 3. The van der Waals surface area contributed by atoms with E-state index < -0.39 is 58.0 Å². The number of nitrogens with two attached hydrogens (primary N) is 1. The Morgan fingerprint density at radius 2 is 1.77 bits per heavy atom. The van der Waals surface area contributed by atoms with Gasteiger partial charge in [-0.3, -0.25) is 19.3 Å². The fourth-order valence-electron chi connectivity index (χ4n) is 6.42. The van der Waals surface area contributed by atoms with Gasteiger partial charge in [0.15, 0.2) is 11.4 Å². The Morgan fingerprint density at radius 1 is 1.08 bits per heavy atom. The third-order valence-corrected chi connectivity index (χ3v) is 8.19. The molecule has 0 saturated heterocycles. The van der Waals surface area contributed by atoms with Gasteiger partial charge in [0.1, 0.15) is 22.8 Å². The van der Waals surface area contributed by atoms with Gasteiger partial charge in [0.25, 0.3) is 5.91 Å². The van der Waals surface area contributed by atoms with Crippen molar-refractivity contribution in [2.75, 3.05) is 14.1 Å². The highest BCUT2D eigenvalue weighted by molar-refractivity contribution is 6.24. The summed E-state index contributed by atoms with van der Waals surface area (Å²) >= 11 is 0. The molecule has 10 nitrogen and oxygen atoms in total. The molecule has 2 aromatic rings. The summed E-state index contributed by atoms with van der Waals surface area (Å²) < 4.78 is 0. The normalized spacial score (nSPS) is 26.4. The van der Waals surface area contributed by atoms with Crippen LogP contribution in [-0.4, -0.2) is 68.5 Å². The molecule has 3 aliphatic carbocycles. The van der Waals surface area contributed by atoms with Crippen molar-refractivity contribution < 1.29 is 34.8 Å². The average molecular weight is 534 g/mol. The number of rotatable bonds is 6. The molecule has 4 unspecified atom stereocenters. The summed E-state index contributed by atoms with van der Waals surface area (Å²) in [5, 5.41) is 47.9. The molecule has 0 aliphatic heterocycles. The second kappa shape index (κ2) is 9.64. The van der Waals surface area contributed by atoms with Crippen LogP contribution in [0.25, 0.3) is 0 Å². The molecule has 10 heteroatoms. The number of phenolic OH excluding ortho intramolecular Hbond substituents is 1. The lowest BCUT2D eigenvalue weighted by Crippen LogP contribution is -2.63. The van der Waals surface area contributed by atoms with Gasteiger partial charge in [0.05, 0.1) is 11.6 Å². The number of aliphatic hydroxyl groups is 3. The van der Waals surface area contributed by atoms with E-state index in [0.29, 0.717) is 18.7 Å². The number of phenols is 1. The van der Waals surface area contributed by atoms with Gasteiger partial charge >= 0.3 is 0 Å². The zero-order chi connectivity index (χ0) is 28.2. The van der Waals surface area contributed by atoms with Crippen molar-refractivity contribution in [3.05, 3.63) is 87.4 Å². The third kappa shape index (κ3) is 4.03. The number of ketones is 2. The number of nitrogens with zero attached hydrogens (tertiary/aromatic N) is 1. The highest BCUT2D eigenvalue weighted by atomic mass is 16.3. The Balaban J connectivity index is 1.57. The van der Waals surface area contributed by atoms with Crippen LogP contribution in [0.2, 0.25) is 0 Å². The Bertz CT molecular complexity index is 1450. The SMILES string of the molecule is CN(C)C1C(O)=C(C(N)=O)C(=O)C2(O)C(O)=C3C(=O)c4c(O)ccc(CNCc5ccccc5)c4CC3CC12. The molecular weight excluding hydrogens is 502 g/mol. The van der Waals surface area contributed by atoms with Crippen LogP contribution in [-0.2, 0) is 29.1 Å². The maximum Gasteiger partial charge on any atom is 0.255 e. The van der Waals surface area contributed by atoms with Crippen LogP contribution in [0.15, 0.2) is 65.1 Å². The molecular formula is C29H31N3O7. The van der Waals surface area contributed by atoms with Crippen molar-refractivity contribution in [1.29, 1.82) is 0 Å². The molecule has 0 saturated carbocycles. The third-order valence-electron chi connectivity index (χ3n) is 8.19. The minimum Gasteiger partial charge on any atom is -0.510 e. The summed E-state index contributed by atoms with van der Waals surface area (Å²) in [5.41, 5.74) is 4.24. The predicted octanol–water partition coefficient (Wildman–Crippen LogP) is 1.41. The number of hydrogen-bond donors (Lipinski definition) is 6. The average Bonchev–Trinajstić information content (AvgIpc) is 2.87. The van der Waals surface area contributed by atoms with E-state index in [-0.39, 0.29) is 29.7 Å². The first-order chi connectivity index (χ1) is 18.5. The summed E-state index contributed by atoms with van der Waals surface area (Å²) in [5.74, 6) is -6.58. The van der Waals surface area contributed by atoms with Gasteiger partial charge in [-0.2, -0.15) is 0 Å². The van der Waals surface area contributed by atoms with Crippen LogP contribution in [0, 0.1) is 11.8 Å². The van der Waals surface area contributed by atoms with Gasteiger partial charge in [-0.25, -0.2) is 0 Å². The number of likely N-dealkylation sites (N-methyl/N-ethyl adjacent to an activating group) is 1. The van der Waals surface area contributed by atoms with Crippen LogP contribution in [0.4, 0.5) is 0 Å². The van der Waals surface area contributed by atoms with E-state index in [9.17, 15) is 34.8 Å². The fourth-order valence-corrected chi connectivity index (χ4v) is 6.42. The summed E-state index contributed by atoms with van der Waals surface area (Å²) in [6, 6.07) is 11.9. The summed E-state index contributed by atoms with van der Waals surface area (Å²) in [6.07, 6.45) is 0.309. The minimum atomic E-state index is -2.64. The van der Waals surface area contributed by atoms with Gasteiger partial charge in [0, 0.05) is 24.6 Å². The number of aliphatic hydroxyl groups excluding tert-OH is 2. The molecule has 4 atom stereocenters. The van der Waals surface area contributed by atoms with E-state index >= 15 is 0 Å².